The van der Waals surface area contributed by atoms with Crippen LogP contribution in [0.3, 0.4) is 0 Å². The number of hydrogen-bond acceptors (Lipinski definition) is 6. The number of hydrogen-bond donors (Lipinski definition) is 2. The fraction of sp³-hybridized carbons (Fsp3) is 0.212. The Labute approximate surface area is 255 Å². The smallest absolute Gasteiger partial charge is 0.306 e. The summed E-state index contributed by atoms with van der Waals surface area (Å²) in [6.45, 7) is 0.324. The second-order valence-corrected chi connectivity index (χ2v) is 11.2. The highest BCUT2D eigenvalue weighted by molar-refractivity contribution is 5.80. The molecule has 4 aromatic heterocycles. The molecule has 228 valence electrons. The second kappa shape index (κ2) is 10.4. The number of nitrogens with zero attached hydrogens (tertiary/aromatic N) is 6. The van der Waals surface area contributed by atoms with E-state index in [0.717, 1.165) is 33.2 Å². The first-order chi connectivity index (χ1) is 22.0. The average molecular weight is 607 g/mol. The van der Waals surface area contributed by atoms with Gasteiger partial charge in [-0.2, -0.15) is 0 Å². The molecule has 0 bridgehead atoms. The summed E-state index contributed by atoms with van der Waals surface area (Å²) in [5, 5.41) is 20.8. The van der Waals surface area contributed by atoms with Crippen molar-refractivity contribution in [2.75, 3.05) is 13.2 Å². The third kappa shape index (κ3) is 4.62. The lowest BCUT2D eigenvalue weighted by atomic mass is 10.1. The molecule has 0 fully saturated rings. The van der Waals surface area contributed by atoms with Crippen molar-refractivity contribution >= 4 is 34.0 Å². The fourth-order valence-electron chi connectivity index (χ4n) is 5.83. The second-order valence-electron chi connectivity index (χ2n) is 11.2. The van der Waals surface area contributed by atoms with Crippen molar-refractivity contribution in [2.45, 2.75) is 32.1 Å². The summed E-state index contributed by atoms with van der Waals surface area (Å²) in [4.78, 5) is 28.4. The summed E-state index contributed by atoms with van der Waals surface area (Å²) < 4.78 is 18.5. The Bertz CT molecular complexity index is 2050. The molecule has 0 spiro atoms. The Morgan fingerprint density at radius 2 is 0.933 bits per heavy atom. The van der Waals surface area contributed by atoms with Crippen LogP contribution in [0.25, 0.3) is 33.4 Å². The van der Waals surface area contributed by atoms with E-state index >= 15 is 0 Å². The van der Waals surface area contributed by atoms with E-state index < -0.39 is 0 Å². The van der Waals surface area contributed by atoms with Crippen LogP contribution in [-0.4, -0.2) is 63.5 Å². The minimum atomic E-state index is -0.332. The van der Waals surface area contributed by atoms with Gasteiger partial charge in [0.25, 0.3) is 0 Å². The van der Waals surface area contributed by atoms with Gasteiger partial charge in [0, 0.05) is 19.3 Å². The van der Waals surface area contributed by atoms with Crippen molar-refractivity contribution in [3.63, 3.8) is 0 Å². The highest BCUT2D eigenvalue weighted by Gasteiger charge is 2.26. The minimum Gasteiger partial charge on any atom is -0.506 e. The normalized spacial score (nSPS) is 12.1. The number of aromatic hydroxyl groups is 2. The van der Waals surface area contributed by atoms with Gasteiger partial charge < -0.3 is 19.7 Å². The van der Waals surface area contributed by atoms with Crippen molar-refractivity contribution in [1.82, 2.24) is 28.1 Å². The lowest BCUT2D eigenvalue weighted by Gasteiger charge is -2.08. The Hall–Kier alpha value is -5.78. The standard InChI is InChI=1S/C33H30N6O6/c40-30-14-10-22(20-28(30)38-34-24-6-1-2-7-25(24)35(34)38)12-16-32(42)44-18-5-19-45-33(43)17-13-23-11-15-31(41)29(21-23)39-36-26-8-3-4-9-27(26)37(36)39/h1-4,6-11,14-15,20-21,40-41H,5,12-13,16-19H2. The van der Waals surface area contributed by atoms with E-state index in [-0.39, 0.29) is 49.5 Å². The third-order valence-corrected chi connectivity index (χ3v) is 8.20. The maximum Gasteiger partial charge on any atom is 0.306 e. The van der Waals surface area contributed by atoms with Crippen LogP contribution in [0.2, 0.25) is 0 Å². The number of aryl methyl sites for hydroxylation is 2. The average Bonchev–Trinajstić information content (AvgIpc) is 3.91. The zero-order chi connectivity index (χ0) is 30.7. The summed E-state index contributed by atoms with van der Waals surface area (Å²) in [6.07, 6.45) is 1.76. The molecule has 12 nitrogen and oxygen atoms in total. The van der Waals surface area contributed by atoms with Crippen LogP contribution in [0.4, 0.5) is 0 Å². The van der Waals surface area contributed by atoms with Crippen LogP contribution >= 0.6 is 0 Å². The molecular formula is C33H30N6O6. The number of carbonyl (C=O) groups is 2. The predicted molar refractivity (Wildman–Crippen MR) is 164 cm³/mol. The maximum atomic E-state index is 12.3. The van der Waals surface area contributed by atoms with Crippen LogP contribution in [-0.2, 0) is 31.9 Å². The summed E-state index contributed by atoms with van der Waals surface area (Å²) >= 11 is 0. The van der Waals surface area contributed by atoms with Crippen molar-refractivity contribution in [1.29, 1.82) is 0 Å². The minimum absolute atomic E-state index is 0.162. The van der Waals surface area contributed by atoms with Gasteiger partial charge in [-0.1, -0.05) is 36.4 Å². The van der Waals surface area contributed by atoms with Crippen molar-refractivity contribution in [2.24, 2.45) is 0 Å². The molecule has 0 aliphatic carbocycles. The number of aromatic nitrogens is 6. The third-order valence-electron chi connectivity index (χ3n) is 8.20. The Morgan fingerprint density at radius 1 is 0.556 bits per heavy atom. The number of phenolic OH excluding ortho intramolecular Hbond substituents is 2. The zero-order valence-electron chi connectivity index (χ0n) is 24.2. The predicted octanol–water partition coefficient (Wildman–Crippen LogP) is 4.61. The molecule has 0 amide bonds. The summed E-state index contributed by atoms with van der Waals surface area (Å²) in [5.74, 6) is -0.341. The summed E-state index contributed by atoms with van der Waals surface area (Å²) in [6, 6.07) is 26.6. The largest absolute Gasteiger partial charge is 0.506 e. The first-order valence-corrected chi connectivity index (χ1v) is 14.9. The van der Waals surface area contributed by atoms with Gasteiger partial charge in [0.2, 0.25) is 0 Å². The van der Waals surface area contributed by atoms with Crippen molar-refractivity contribution in [3.8, 4) is 22.9 Å². The lowest BCUT2D eigenvalue weighted by Crippen LogP contribution is -2.11. The Kier molecular flexibility index (Phi) is 6.22. The molecule has 8 aromatic rings. The molecule has 45 heavy (non-hydrogen) atoms. The molecule has 0 atom stereocenters. The van der Waals surface area contributed by atoms with Gasteiger partial charge in [0.05, 0.1) is 13.2 Å². The molecule has 0 saturated carbocycles. The van der Waals surface area contributed by atoms with E-state index in [9.17, 15) is 19.8 Å². The van der Waals surface area contributed by atoms with E-state index in [2.05, 4.69) is 0 Å². The first-order valence-electron chi connectivity index (χ1n) is 14.9. The van der Waals surface area contributed by atoms with E-state index in [4.69, 9.17) is 9.47 Å². The summed E-state index contributed by atoms with van der Waals surface area (Å²) in [5.41, 5.74) is 7.42. The van der Waals surface area contributed by atoms with Crippen LogP contribution in [0, 0.1) is 0 Å². The SMILES string of the molecule is O=C(CCc1ccc(O)c(-n2n3c4ccccc4n23)c1)OCCCOC(=O)CCc1ccc(O)c(-n2n3c4ccccc4n23)c1. The van der Waals surface area contributed by atoms with Crippen molar-refractivity contribution < 1.29 is 29.3 Å². The van der Waals surface area contributed by atoms with E-state index in [0.29, 0.717) is 30.6 Å². The van der Waals surface area contributed by atoms with E-state index in [1.54, 1.807) is 24.3 Å². The van der Waals surface area contributed by atoms with Gasteiger partial charge in [-0.3, -0.25) is 9.59 Å². The molecule has 4 heterocycles. The molecule has 4 aromatic carbocycles. The number of ether oxygens (including phenoxy) is 2. The maximum absolute atomic E-state index is 12.3. The number of phenols is 2. The highest BCUT2D eigenvalue weighted by Crippen LogP contribution is 2.32. The van der Waals surface area contributed by atoms with Gasteiger partial charge in [0.1, 0.15) is 44.9 Å². The fourth-order valence-corrected chi connectivity index (χ4v) is 5.83. The number of carbonyl (C=O) groups excluding carboxylic acids is 2. The molecule has 12 heteroatoms. The Balaban J connectivity index is 0.761. The van der Waals surface area contributed by atoms with Gasteiger partial charge in [0.15, 0.2) is 0 Å². The molecule has 0 radical (unpaired) electrons. The monoisotopic (exact) mass is 606 g/mol. The highest BCUT2D eigenvalue weighted by atomic mass is 16.5. The first kappa shape index (κ1) is 26.8. The van der Waals surface area contributed by atoms with Crippen LogP contribution in [0.15, 0.2) is 84.9 Å². The lowest BCUT2D eigenvalue weighted by molar-refractivity contribution is -0.146. The van der Waals surface area contributed by atoms with E-state index in [1.807, 2.05) is 88.8 Å². The number of esters is 2. The van der Waals surface area contributed by atoms with Gasteiger partial charge in [-0.05, 0) is 72.5 Å². The molecule has 8 rings (SSSR count). The zero-order valence-corrected chi connectivity index (χ0v) is 24.2. The van der Waals surface area contributed by atoms with Crippen LogP contribution in [0.5, 0.6) is 11.5 Å². The number of benzene rings is 4. The van der Waals surface area contributed by atoms with Gasteiger partial charge >= 0.3 is 11.9 Å². The number of para-hydroxylation sites is 4. The van der Waals surface area contributed by atoms with Gasteiger partial charge in [-0.25, -0.2) is 0 Å². The molecule has 0 aliphatic heterocycles. The number of rotatable bonds is 12. The quantitative estimate of drug-likeness (QED) is 0.155. The molecule has 0 aliphatic rings. The molecule has 0 unspecified atom stereocenters. The van der Waals surface area contributed by atoms with Crippen LogP contribution in [0.1, 0.15) is 30.4 Å². The van der Waals surface area contributed by atoms with Crippen LogP contribution < -0.4 is 0 Å². The Morgan fingerprint density at radius 3 is 1.31 bits per heavy atom. The molecule has 0 saturated heterocycles. The summed E-state index contributed by atoms with van der Waals surface area (Å²) in [7, 11) is 0. The van der Waals surface area contributed by atoms with Gasteiger partial charge in [-0.15, -0.1) is 28.1 Å². The molecular weight excluding hydrogens is 576 g/mol. The topological polar surface area (TPSA) is 121 Å². The number of fused-ring (bicyclic) bond motifs is 8. The molecule has 2 N–H and O–H groups in total. The van der Waals surface area contributed by atoms with Crippen molar-refractivity contribution in [3.05, 3.63) is 96.1 Å². The van der Waals surface area contributed by atoms with E-state index in [1.165, 1.54) is 0 Å².